The number of pyridine rings is 1. The Morgan fingerprint density at radius 2 is 2.02 bits per heavy atom. The number of imidazole rings is 1. The fourth-order valence-corrected chi connectivity index (χ4v) is 6.65. The van der Waals surface area contributed by atoms with Crippen molar-refractivity contribution in [3.8, 4) is 0 Å². The van der Waals surface area contributed by atoms with Crippen LogP contribution >= 0.6 is 23.3 Å². The van der Waals surface area contributed by atoms with Gasteiger partial charge in [0, 0.05) is 42.1 Å². The zero-order valence-electron chi connectivity index (χ0n) is 26.6. The van der Waals surface area contributed by atoms with E-state index in [-0.39, 0.29) is 48.0 Å². The number of thioether (sulfide) groups is 1. The van der Waals surface area contributed by atoms with Crippen molar-refractivity contribution in [3.05, 3.63) is 47.7 Å². The maximum atomic E-state index is 13.3. The SMILES string of the molecule is COCO/N=C(\C(=O)N[C@@H]1C(=O)N2C(C(=O)[O-])=C(C[n+]3ccn4c(NC(=O)CNC(=O)OC(C)(C)C)cccc43)CS[C@H]12)c1nsc(N)n1. The second-order valence-corrected chi connectivity index (χ2v) is 13.4. The van der Waals surface area contributed by atoms with Crippen LogP contribution in [0.4, 0.5) is 15.7 Å². The Hall–Kier alpha value is -5.28. The van der Waals surface area contributed by atoms with Crippen molar-refractivity contribution in [3.63, 3.8) is 0 Å². The molecule has 49 heavy (non-hydrogen) atoms. The second kappa shape index (κ2) is 14.5. The highest BCUT2D eigenvalue weighted by Crippen LogP contribution is 2.40. The molecule has 3 aromatic heterocycles. The lowest BCUT2D eigenvalue weighted by molar-refractivity contribution is -0.662. The zero-order valence-corrected chi connectivity index (χ0v) is 28.3. The van der Waals surface area contributed by atoms with Crippen molar-refractivity contribution in [2.24, 2.45) is 5.16 Å². The van der Waals surface area contributed by atoms with Crippen molar-refractivity contribution < 1.29 is 48.0 Å². The molecule has 5 rings (SSSR count). The van der Waals surface area contributed by atoms with Gasteiger partial charge in [-0.15, -0.1) is 11.8 Å². The molecule has 2 aliphatic heterocycles. The van der Waals surface area contributed by atoms with Gasteiger partial charge in [-0.25, -0.2) is 9.36 Å². The molecule has 2 aliphatic rings. The van der Waals surface area contributed by atoms with Crippen LogP contribution in [-0.2, 0) is 40.0 Å². The van der Waals surface area contributed by atoms with Crippen LogP contribution in [0.15, 0.2) is 47.0 Å². The van der Waals surface area contributed by atoms with Gasteiger partial charge in [-0.2, -0.15) is 13.8 Å². The van der Waals surface area contributed by atoms with Gasteiger partial charge >= 0.3 is 6.09 Å². The first kappa shape index (κ1) is 35.0. The summed E-state index contributed by atoms with van der Waals surface area (Å²) in [6.45, 7) is 4.59. The molecule has 5 heterocycles. The summed E-state index contributed by atoms with van der Waals surface area (Å²) in [5.41, 5.74) is 5.27. The molecule has 19 nitrogen and oxygen atoms in total. The van der Waals surface area contributed by atoms with Crippen molar-refractivity contribution in [1.29, 1.82) is 0 Å². The summed E-state index contributed by atoms with van der Waals surface area (Å²) in [5, 5.41) is 23.1. The number of carbonyl (C=O) groups excluding carboxylic acids is 5. The summed E-state index contributed by atoms with van der Waals surface area (Å²) in [6, 6.07) is 4.02. The summed E-state index contributed by atoms with van der Waals surface area (Å²) in [4.78, 5) is 73.3. The van der Waals surface area contributed by atoms with Gasteiger partial charge in [0.1, 0.15) is 42.5 Å². The van der Waals surface area contributed by atoms with Crippen LogP contribution in [0.5, 0.6) is 0 Å². The molecule has 0 unspecified atom stereocenters. The standard InChI is InChI=1S/C28H32N10O9S2/c1-28(2,3)47-27(44)30-10-16(39)31-15-6-5-7-17-36(8-9-37(15)17)11-14-12-48-24-19(23(41)38(24)20(14)25(42)43)32-22(40)18(34-46-13-45-4)21-33-26(29)49-35-21/h5-9,19,24H,10-13H2,1-4H3,(H5,29,30,32,33,35,40,42,43,44)/b34-18-/t19-,24-/m1/s1. The first-order chi connectivity index (χ1) is 23.3. The highest BCUT2D eigenvalue weighted by Gasteiger charge is 2.53. The number of anilines is 2. The molecule has 0 radical (unpaired) electrons. The number of β-lactam (4-membered cyclic amide) rings is 1. The number of aliphatic carboxylic acids is 1. The molecule has 0 saturated carbocycles. The number of carboxylic acid groups (broad SMARTS) is 1. The van der Waals surface area contributed by atoms with Gasteiger partial charge in [-0.05, 0) is 26.8 Å². The Balaban J connectivity index is 1.29. The minimum Gasteiger partial charge on any atom is -0.543 e. The average molecular weight is 717 g/mol. The van der Waals surface area contributed by atoms with Crippen LogP contribution in [0.2, 0.25) is 0 Å². The first-order valence-corrected chi connectivity index (χ1v) is 16.3. The minimum atomic E-state index is -1.55. The van der Waals surface area contributed by atoms with E-state index in [0.717, 1.165) is 16.4 Å². The van der Waals surface area contributed by atoms with Crippen molar-refractivity contribution in [2.75, 3.05) is 37.3 Å². The Labute approximate surface area is 286 Å². The molecule has 0 aliphatic carbocycles. The Morgan fingerprint density at radius 3 is 2.69 bits per heavy atom. The monoisotopic (exact) mass is 716 g/mol. The number of carbonyl (C=O) groups is 5. The summed E-state index contributed by atoms with van der Waals surface area (Å²) in [5.74, 6) is -3.08. The number of oxime groups is 1. The number of nitrogens with zero attached hydrogens (tertiary/aromatic N) is 6. The van der Waals surface area contributed by atoms with Crippen molar-refractivity contribution in [1.82, 2.24) is 29.3 Å². The summed E-state index contributed by atoms with van der Waals surface area (Å²) < 4.78 is 17.3. The number of hydrogen-bond donors (Lipinski definition) is 4. The lowest BCUT2D eigenvalue weighted by Crippen LogP contribution is -2.71. The molecule has 1 fully saturated rings. The fourth-order valence-electron chi connectivity index (χ4n) is 4.88. The maximum Gasteiger partial charge on any atom is 0.408 e. The predicted molar refractivity (Wildman–Crippen MR) is 171 cm³/mol. The van der Waals surface area contributed by atoms with Gasteiger partial charge in [0.25, 0.3) is 17.5 Å². The molecule has 2 atom stereocenters. The number of methoxy groups -OCH3 is 1. The Bertz CT molecular complexity index is 1870. The third-order valence-corrected chi connectivity index (χ3v) is 8.72. The summed E-state index contributed by atoms with van der Waals surface area (Å²) in [7, 11) is 1.36. The van der Waals surface area contributed by atoms with Crippen LogP contribution in [0.1, 0.15) is 26.6 Å². The normalized spacial score (nSPS) is 17.7. The molecule has 1 saturated heterocycles. The number of ether oxygens (including phenoxy) is 2. The number of hydrogen-bond acceptors (Lipinski definition) is 15. The van der Waals surface area contributed by atoms with E-state index in [0.29, 0.717) is 17.0 Å². The number of aromatic nitrogens is 4. The minimum absolute atomic E-state index is 0.0719. The van der Waals surface area contributed by atoms with E-state index in [1.54, 1.807) is 60.3 Å². The molecule has 5 N–H and O–H groups in total. The van der Waals surface area contributed by atoms with Crippen LogP contribution < -0.4 is 31.4 Å². The number of fused-ring (bicyclic) bond motifs is 2. The highest BCUT2D eigenvalue weighted by molar-refractivity contribution is 8.00. The first-order valence-electron chi connectivity index (χ1n) is 14.5. The summed E-state index contributed by atoms with van der Waals surface area (Å²) >= 11 is 2.09. The van der Waals surface area contributed by atoms with Crippen LogP contribution in [0.25, 0.3) is 5.65 Å². The number of carboxylic acids is 1. The highest BCUT2D eigenvalue weighted by atomic mass is 32.2. The van der Waals surface area contributed by atoms with E-state index in [9.17, 15) is 29.1 Å². The number of nitrogens with two attached hydrogens (primary N) is 1. The number of nitrogens with one attached hydrogen (secondary N) is 3. The summed E-state index contributed by atoms with van der Waals surface area (Å²) in [6.07, 6.45) is 2.63. The molecular formula is C28H32N10O9S2. The predicted octanol–water partition coefficient (Wildman–Crippen LogP) is -1.45. The topological polar surface area (TPSA) is 248 Å². The molecule has 0 bridgehead atoms. The van der Waals surface area contributed by atoms with Crippen molar-refractivity contribution in [2.45, 2.75) is 44.3 Å². The van der Waals surface area contributed by atoms with Crippen molar-refractivity contribution >= 4 is 75.4 Å². The number of rotatable bonds is 12. The van der Waals surface area contributed by atoms with E-state index in [2.05, 4.69) is 30.5 Å². The van der Waals surface area contributed by atoms with Gasteiger partial charge in [0.05, 0.1) is 11.7 Å². The molecule has 21 heteroatoms. The van der Waals surface area contributed by atoms with Gasteiger partial charge in [-0.3, -0.25) is 24.6 Å². The van der Waals surface area contributed by atoms with Gasteiger partial charge in [-0.1, -0.05) is 5.16 Å². The van der Waals surface area contributed by atoms with Gasteiger partial charge in [0.2, 0.25) is 30.1 Å². The maximum absolute atomic E-state index is 13.3. The van der Waals surface area contributed by atoms with E-state index >= 15 is 0 Å². The zero-order chi connectivity index (χ0) is 35.5. The molecule has 3 aromatic rings. The lowest BCUT2D eigenvalue weighted by atomic mass is 10.0. The third kappa shape index (κ3) is 7.90. The van der Waals surface area contributed by atoms with Crippen LogP contribution in [-0.4, -0.2) is 97.4 Å². The van der Waals surface area contributed by atoms with Crippen LogP contribution in [0.3, 0.4) is 0 Å². The van der Waals surface area contributed by atoms with E-state index in [1.165, 1.54) is 18.9 Å². The number of alkyl carbamates (subject to hydrolysis) is 1. The lowest BCUT2D eigenvalue weighted by Gasteiger charge is -2.50. The Kier molecular flexibility index (Phi) is 10.3. The molecule has 260 valence electrons. The van der Waals surface area contributed by atoms with Gasteiger partial charge in [0.15, 0.2) is 5.13 Å². The smallest absolute Gasteiger partial charge is 0.408 e. The Morgan fingerprint density at radius 1 is 1.24 bits per heavy atom. The van der Waals surface area contributed by atoms with Gasteiger partial charge < -0.3 is 40.6 Å². The molecule has 0 spiro atoms. The quantitative estimate of drug-likeness (QED) is 0.0419. The number of nitrogen functional groups attached to an aromatic ring is 1. The molecule has 4 amide bonds. The van der Waals surface area contributed by atoms with E-state index in [4.69, 9.17) is 20.0 Å². The largest absolute Gasteiger partial charge is 0.543 e. The fraction of sp³-hybridized carbons (Fsp3) is 0.393. The second-order valence-electron chi connectivity index (χ2n) is 11.5. The third-order valence-electron chi connectivity index (χ3n) is 6.84. The number of amides is 4. The average Bonchev–Trinajstić information content (AvgIpc) is 3.66. The van der Waals surface area contributed by atoms with E-state index < -0.39 is 46.8 Å². The van der Waals surface area contributed by atoms with E-state index in [1.807, 2.05) is 0 Å². The molecular weight excluding hydrogens is 685 g/mol. The van der Waals surface area contributed by atoms with Crippen LogP contribution in [0, 0.1) is 0 Å². The molecule has 0 aromatic carbocycles.